The van der Waals surface area contributed by atoms with Crippen LogP contribution in [0.25, 0.3) is 0 Å². The number of halogens is 1. The van der Waals surface area contributed by atoms with E-state index in [1.54, 1.807) is 15.8 Å². The monoisotopic (exact) mass is 427 g/mol. The molecule has 0 atom stereocenters. The number of aromatic nitrogens is 3. The van der Waals surface area contributed by atoms with Crippen LogP contribution < -0.4 is 0 Å². The van der Waals surface area contributed by atoms with Crippen molar-refractivity contribution >= 4 is 23.4 Å². The Morgan fingerprint density at radius 2 is 1.63 bits per heavy atom. The molecule has 1 aromatic carbocycles. The predicted molar refractivity (Wildman–Crippen MR) is 114 cm³/mol. The maximum Gasteiger partial charge on any atom is 0.276 e. The molecular formula is C22H26ClN5O2. The van der Waals surface area contributed by atoms with Gasteiger partial charge in [-0.3, -0.25) is 9.59 Å². The van der Waals surface area contributed by atoms with Crippen molar-refractivity contribution in [2.24, 2.45) is 0 Å². The molecule has 0 radical (unpaired) electrons. The highest BCUT2D eigenvalue weighted by Crippen LogP contribution is 2.29. The molecule has 2 aliphatic heterocycles. The Morgan fingerprint density at radius 3 is 2.27 bits per heavy atom. The average molecular weight is 428 g/mol. The quantitative estimate of drug-likeness (QED) is 0.702. The molecule has 30 heavy (non-hydrogen) atoms. The topological polar surface area (TPSA) is 71.3 Å². The number of benzene rings is 1. The van der Waals surface area contributed by atoms with Gasteiger partial charge in [-0.05, 0) is 55.4 Å². The highest BCUT2D eigenvalue weighted by atomic mass is 35.5. The molecule has 0 N–H and O–H groups in total. The fraction of sp³-hybridized carbons (Fsp3) is 0.455. The summed E-state index contributed by atoms with van der Waals surface area (Å²) in [6.07, 6.45) is 6.55. The highest BCUT2D eigenvalue weighted by Gasteiger charge is 2.28. The lowest BCUT2D eigenvalue weighted by Crippen LogP contribution is -2.38. The van der Waals surface area contributed by atoms with Crippen LogP contribution in [0, 0.1) is 0 Å². The van der Waals surface area contributed by atoms with Gasteiger partial charge in [0.25, 0.3) is 5.91 Å². The SMILES string of the molecule is C=CC(=O)N1CCC(n2cc(C(=O)N3CCC(c4ccc(Cl)cc4)CC3)nn2)CC1. The van der Waals surface area contributed by atoms with E-state index in [4.69, 9.17) is 11.6 Å². The smallest absolute Gasteiger partial charge is 0.276 e. The van der Waals surface area contributed by atoms with Crippen molar-refractivity contribution in [3.8, 4) is 0 Å². The van der Waals surface area contributed by atoms with Gasteiger partial charge in [0.05, 0.1) is 12.2 Å². The minimum atomic E-state index is -0.0601. The molecule has 0 spiro atoms. The predicted octanol–water partition coefficient (Wildman–Crippen LogP) is 3.30. The summed E-state index contributed by atoms with van der Waals surface area (Å²) in [6, 6.07) is 8.15. The molecule has 2 fully saturated rings. The Kier molecular flexibility index (Phi) is 6.18. The third-order valence-electron chi connectivity index (χ3n) is 6.18. The molecule has 8 heteroatoms. The lowest BCUT2D eigenvalue weighted by Gasteiger charge is -2.32. The molecule has 2 saturated heterocycles. The maximum absolute atomic E-state index is 12.9. The van der Waals surface area contributed by atoms with Gasteiger partial charge >= 0.3 is 0 Å². The van der Waals surface area contributed by atoms with Gasteiger partial charge in [0.15, 0.2) is 5.69 Å². The summed E-state index contributed by atoms with van der Waals surface area (Å²) in [5, 5.41) is 9.08. The molecule has 0 bridgehead atoms. The van der Waals surface area contributed by atoms with Gasteiger partial charge in [0.2, 0.25) is 5.91 Å². The summed E-state index contributed by atoms with van der Waals surface area (Å²) in [6.45, 7) is 6.29. The number of carbonyl (C=O) groups is 2. The molecule has 0 unspecified atom stereocenters. The zero-order valence-corrected chi connectivity index (χ0v) is 17.7. The first-order chi connectivity index (χ1) is 14.5. The fourth-order valence-corrected chi connectivity index (χ4v) is 4.47. The number of hydrogen-bond acceptors (Lipinski definition) is 4. The van der Waals surface area contributed by atoms with Crippen molar-refractivity contribution < 1.29 is 9.59 Å². The molecule has 7 nitrogen and oxygen atoms in total. The van der Waals surface area contributed by atoms with Crippen molar-refractivity contribution in [1.82, 2.24) is 24.8 Å². The molecule has 2 amide bonds. The highest BCUT2D eigenvalue weighted by molar-refractivity contribution is 6.30. The largest absolute Gasteiger partial charge is 0.339 e. The number of likely N-dealkylation sites (tertiary alicyclic amines) is 2. The van der Waals surface area contributed by atoms with E-state index in [9.17, 15) is 9.59 Å². The third kappa shape index (κ3) is 4.41. The Labute approximate surface area is 181 Å². The summed E-state index contributed by atoms with van der Waals surface area (Å²) in [5.41, 5.74) is 1.67. The van der Waals surface area contributed by atoms with Gasteiger partial charge in [0, 0.05) is 31.2 Å². The summed E-state index contributed by atoms with van der Waals surface area (Å²) in [5.74, 6) is 0.352. The van der Waals surface area contributed by atoms with Crippen LogP contribution in [0.5, 0.6) is 0 Å². The normalized spacial score (nSPS) is 18.4. The fourth-order valence-electron chi connectivity index (χ4n) is 4.35. The van der Waals surface area contributed by atoms with E-state index in [1.165, 1.54) is 11.6 Å². The van der Waals surface area contributed by atoms with Crippen LogP contribution in [0.15, 0.2) is 43.1 Å². The van der Waals surface area contributed by atoms with Crippen molar-refractivity contribution in [3.63, 3.8) is 0 Å². The van der Waals surface area contributed by atoms with Crippen molar-refractivity contribution in [1.29, 1.82) is 0 Å². The van der Waals surface area contributed by atoms with Crippen molar-refractivity contribution in [3.05, 3.63) is 59.4 Å². The van der Waals surface area contributed by atoms with E-state index in [-0.39, 0.29) is 17.9 Å². The first-order valence-electron chi connectivity index (χ1n) is 10.4. The molecule has 0 aliphatic carbocycles. The zero-order chi connectivity index (χ0) is 21.1. The van der Waals surface area contributed by atoms with Crippen LogP contribution in [0.3, 0.4) is 0 Å². The van der Waals surface area contributed by atoms with E-state index in [0.29, 0.717) is 37.8 Å². The summed E-state index contributed by atoms with van der Waals surface area (Å²) < 4.78 is 1.78. The minimum absolute atomic E-state index is 0.0371. The van der Waals surface area contributed by atoms with Crippen LogP contribution >= 0.6 is 11.6 Å². The second-order valence-corrected chi connectivity index (χ2v) is 8.40. The van der Waals surface area contributed by atoms with Gasteiger partial charge in [-0.2, -0.15) is 0 Å². The second kappa shape index (κ2) is 9.00. The first-order valence-corrected chi connectivity index (χ1v) is 10.8. The molecule has 2 aliphatic rings. The van der Waals surface area contributed by atoms with Crippen LogP contribution in [0.2, 0.25) is 5.02 Å². The van der Waals surface area contributed by atoms with Gasteiger partial charge in [-0.25, -0.2) is 4.68 Å². The Hall–Kier alpha value is -2.67. The second-order valence-electron chi connectivity index (χ2n) is 7.96. The number of piperidine rings is 2. The average Bonchev–Trinajstić information content (AvgIpc) is 3.29. The molecule has 0 saturated carbocycles. The summed E-state index contributed by atoms with van der Waals surface area (Å²) >= 11 is 5.98. The lowest BCUT2D eigenvalue weighted by atomic mass is 9.89. The number of nitrogens with zero attached hydrogens (tertiary/aromatic N) is 5. The molecular weight excluding hydrogens is 402 g/mol. The lowest BCUT2D eigenvalue weighted by molar-refractivity contribution is -0.127. The van der Waals surface area contributed by atoms with Crippen LogP contribution in [-0.4, -0.2) is 62.8 Å². The number of rotatable bonds is 4. The molecule has 158 valence electrons. The van der Waals surface area contributed by atoms with Gasteiger partial charge < -0.3 is 9.80 Å². The van der Waals surface area contributed by atoms with E-state index < -0.39 is 0 Å². The van der Waals surface area contributed by atoms with Crippen LogP contribution in [-0.2, 0) is 4.79 Å². The van der Waals surface area contributed by atoms with Gasteiger partial charge in [-0.15, -0.1) is 5.10 Å². The molecule has 4 rings (SSSR count). The Bertz CT molecular complexity index is 910. The third-order valence-corrected chi connectivity index (χ3v) is 6.43. The van der Waals surface area contributed by atoms with E-state index >= 15 is 0 Å². The Morgan fingerprint density at radius 1 is 1.00 bits per heavy atom. The molecule has 1 aromatic heterocycles. The van der Waals surface area contributed by atoms with E-state index in [1.807, 2.05) is 17.0 Å². The van der Waals surface area contributed by atoms with E-state index in [0.717, 1.165) is 30.7 Å². The summed E-state index contributed by atoms with van der Waals surface area (Å²) in [4.78, 5) is 28.3. The van der Waals surface area contributed by atoms with E-state index in [2.05, 4.69) is 29.0 Å². The Balaban J connectivity index is 1.32. The van der Waals surface area contributed by atoms with Crippen LogP contribution in [0.4, 0.5) is 0 Å². The molecule has 3 heterocycles. The van der Waals surface area contributed by atoms with Crippen molar-refractivity contribution in [2.45, 2.75) is 37.6 Å². The minimum Gasteiger partial charge on any atom is -0.339 e. The van der Waals surface area contributed by atoms with Gasteiger partial charge in [0.1, 0.15) is 0 Å². The zero-order valence-electron chi connectivity index (χ0n) is 16.9. The standard InChI is InChI=1S/C22H26ClN5O2/c1-2-21(29)26-13-9-19(10-14-26)28-15-20(24-25-28)22(30)27-11-7-17(8-12-27)16-3-5-18(23)6-4-16/h2-6,15,17,19H,1,7-14H2. The number of hydrogen-bond donors (Lipinski definition) is 0. The first kappa shape index (κ1) is 20.6. The van der Waals surface area contributed by atoms with Crippen molar-refractivity contribution in [2.75, 3.05) is 26.2 Å². The number of carbonyl (C=O) groups excluding carboxylic acids is 2. The number of amides is 2. The maximum atomic E-state index is 12.9. The van der Waals surface area contributed by atoms with Crippen LogP contribution in [0.1, 0.15) is 53.7 Å². The molecule has 2 aromatic rings. The summed E-state index contributed by atoms with van der Waals surface area (Å²) in [7, 11) is 0. The van der Waals surface area contributed by atoms with Gasteiger partial charge in [-0.1, -0.05) is 35.5 Å².